The first kappa shape index (κ1) is 21.7. The minimum absolute atomic E-state index is 0.0561. The lowest BCUT2D eigenvalue weighted by Gasteiger charge is -2.23. The molecule has 1 fully saturated rings. The first-order valence-corrected chi connectivity index (χ1v) is 10.8. The Labute approximate surface area is 164 Å². The number of rotatable bonds is 6. The van der Waals surface area contributed by atoms with E-state index in [0.29, 0.717) is 17.8 Å². The smallest absolute Gasteiger partial charge is 0.315 e. The Morgan fingerprint density at radius 1 is 1.04 bits per heavy atom. The summed E-state index contributed by atoms with van der Waals surface area (Å²) in [7, 11) is -3.10. The molecule has 1 aliphatic heterocycles. The number of sulfone groups is 1. The highest BCUT2D eigenvalue weighted by molar-refractivity contribution is 7.91. The zero-order valence-electron chi connectivity index (χ0n) is 16.1. The quantitative estimate of drug-likeness (QED) is 0.557. The van der Waals surface area contributed by atoms with Crippen LogP contribution in [0.4, 0.5) is 16.2 Å². The molecule has 154 valence electrons. The molecule has 4 N–H and O–H groups in total. The number of carbonyl (C=O) groups is 3. The van der Waals surface area contributed by atoms with Gasteiger partial charge in [0.2, 0.25) is 11.8 Å². The molecule has 0 bridgehead atoms. The number of amides is 4. The van der Waals surface area contributed by atoms with Gasteiger partial charge < -0.3 is 21.3 Å². The predicted molar refractivity (Wildman–Crippen MR) is 107 cm³/mol. The third-order valence-corrected chi connectivity index (χ3v) is 6.04. The van der Waals surface area contributed by atoms with E-state index in [0.717, 1.165) is 0 Å². The third kappa shape index (κ3) is 6.52. The minimum Gasteiger partial charge on any atom is -0.334 e. The zero-order valence-corrected chi connectivity index (χ0v) is 16.9. The lowest BCUT2D eigenvalue weighted by atomic mass is 10.0. The minimum atomic E-state index is -3.10. The van der Waals surface area contributed by atoms with Crippen LogP contribution < -0.4 is 21.3 Å². The van der Waals surface area contributed by atoms with Crippen molar-refractivity contribution in [3.8, 4) is 0 Å². The molecule has 1 aromatic carbocycles. The van der Waals surface area contributed by atoms with Gasteiger partial charge in [-0.25, -0.2) is 13.2 Å². The first-order valence-electron chi connectivity index (χ1n) is 9.01. The van der Waals surface area contributed by atoms with Crippen molar-refractivity contribution in [2.45, 2.75) is 39.3 Å². The SMILES string of the molecule is CC(=O)Nc1ccc(NC(=O)[C@@H](NC(=O)N[C@@H]2CCS(=O)(=O)C2)C(C)C)cc1. The normalized spacial score (nSPS) is 18.9. The van der Waals surface area contributed by atoms with Gasteiger partial charge in [-0.1, -0.05) is 13.8 Å². The van der Waals surface area contributed by atoms with E-state index in [1.54, 1.807) is 38.1 Å². The molecule has 2 rings (SSSR count). The molecule has 28 heavy (non-hydrogen) atoms. The molecule has 0 radical (unpaired) electrons. The van der Waals surface area contributed by atoms with Crippen LogP contribution in [0.25, 0.3) is 0 Å². The lowest BCUT2D eigenvalue weighted by molar-refractivity contribution is -0.119. The number of nitrogens with one attached hydrogen (secondary N) is 4. The van der Waals surface area contributed by atoms with Crippen LogP contribution in [0, 0.1) is 5.92 Å². The number of anilines is 2. The van der Waals surface area contributed by atoms with Gasteiger partial charge in [0.05, 0.1) is 11.5 Å². The van der Waals surface area contributed by atoms with Crippen LogP contribution in [0.1, 0.15) is 27.2 Å². The first-order chi connectivity index (χ1) is 13.1. The molecule has 1 aromatic rings. The van der Waals surface area contributed by atoms with Gasteiger partial charge in [0.1, 0.15) is 6.04 Å². The second-order valence-electron chi connectivity index (χ2n) is 7.19. The summed E-state index contributed by atoms with van der Waals surface area (Å²) >= 11 is 0. The lowest BCUT2D eigenvalue weighted by Crippen LogP contribution is -2.52. The Bertz CT molecular complexity index is 836. The summed E-state index contributed by atoms with van der Waals surface area (Å²) in [5.41, 5.74) is 1.13. The van der Waals surface area contributed by atoms with Crippen molar-refractivity contribution < 1.29 is 22.8 Å². The summed E-state index contributed by atoms with van der Waals surface area (Å²) in [5.74, 6) is -0.796. The summed E-state index contributed by atoms with van der Waals surface area (Å²) in [6, 6.07) is 4.78. The summed E-state index contributed by atoms with van der Waals surface area (Å²) in [6.45, 7) is 5.00. The van der Waals surface area contributed by atoms with Crippen molar-refractivity contribution in [1.82, 2.24) is 10.6 Å². The fraction of sp³-hybridized carbons (Fsp3) is 0.500. The van der Waals surface area contributed by atoms with Crippen LogP contribution in [-0.2, 0) is 19.4 Å². The molecule has 2 atom stereocenters. The van der Waals surface area contributed by atoms with E-state index in [2.05, 4.69) is 21.3 Å². The third-order valence-electron chi connectivity index (χ3n) is 4.28. The van der Waals surface area contributed by atoms with Gasteiger partial charge in [-0.05, 0) is 36.6 Å². The van der Waals surface area contributed by atoms with Gasteiger partial charge in [-0.2, -0.15) is 0 Å². The highest BCUT2D eigenvalue weighted by Crippen LogP contribution is 2.15. The molecule has 1 saturated heterocycles. The second-order valence-corrected chi connectivity index (χ2v) is 9.42. The van der Waals surface area contributed by atoms with E-state index < -0.39 is 33.9 Å². The maximum Gasteiger partial charge on any atom is 0.315 e. The summed E-state index contributed by atoms with van der Waals surface area (Å²) < 4.78 is 23.0. The molecular weight excluding hydrogens is 384 g/mol. The van der Waals surface area contributed by atoms with Crippen molar-refractivity contribution in [2.24, 2.45) is 5.92 Å². The number of hydrogen-bond acceptors (Lipinski definition) is 5. The van der Waals surface area contributed by atoms with Crippen LogP contribution >= 0.6 is 0 Å². The highest BCUT2D eigenvalue weighted by Gasteiger charge is 2.30. The van der Waals surface area contributed by atoms with Crippen LogP contribution in [-0.4, -0.2) is 49.9 Å². The van der Waals surface area contributed by atoms with E-state index >= 15 is 0 Å². The Kier molecular flexibility index (Phi) is 7.00. The Hall–Kier alpha value is -2.62. The van der Waals surface area contributed by atoms with Crippen molar-refractivity contribution >= 4 is 39.1 Å². The van der Waals surface area contributed by atoms with E-state index in [1.165, 1.54) is 6.92 Å². The number of benzene rings is 1. The topological polar surface area (TPSA) is 133 Å². The van der Waals surface area contributed by atoms with Gasteiger partial charge in [0, 0.05) is 24.3 Å². The number of hydrogen-bond donors (Lipinski definition) is 4. The van der Waals surface area contributed by atoms with E-state index in [-0.39, 0.29) is 23.3 Å². The van der Waals surface area contributed by atoms with Crippen LogP contribution in [0.15, 0.2) is 24.3 Å². The average molecular weight is 410 g/mol. The van der Waals surface area contributed by atoms with Gasteiger partial charge in [-0.3, -0.25) is 9.59 Å². The number of urea groups is 1. The largest absolute Gasteiger partial charge is 0.334 e. The van der Waals surface area contributed by atoms with Gasteiger partial charge >= 0.3 is 6.03 Å². The molecule has 1 aliphatic rings. The van der Waals surface area contributed by atoms with Crippen molar-refractivity contribution in [3.63, 3.8) is 0 Å². The monoisotopic (exact) mass is 410 g/mol. The highest BCUT2D eigenvalue weighted by atomic mass is 32.2. The van der Waals surface area contributed by atoms with E-state index in [4.69, 9.17) is 0 Å². The summed E-state index contributed by atoms with van der Waals surface area (Å²) in [4.78, 5) is 35.8. The van der Waals surface area contributed by atoms with Crippen molar-refractivity contribution in [1.29, 1.82) is 0 Å². The molecule has 1 heterocycles. The fourth-order valence-corrected chi connectivity index (χ4v) is 4.55. The van der Waals surface area contributed by atoms with Crippen molar-refractivity contribution in [3.05, 3.63) is 24.3 Å². The zero-order chi connectivity index (χ0) is 20.9. The molecule has 0 aliphatic carbocycles. The van der Waals surface area contributed by atoms with Crippen LogP contribution in [0.2, 0.25) is 0 Å². The molecule has 0 aromatic heterocycles. The van der Waals surface area contributed by atoms with Crippen LogP contribution in [0.5, 0.6) is 0 Å². The second kappa shape index (κ2) is 9.05. The van der Waals surface area contributed by atoms with Crippen LogP contribution in [0.3, 0.4) is 0 Å². The fourth-order valence-electron chi connectivity index (χ4n) is 2.87. The molecule has 10 heteroatoms. The molecular formula is C18H26N4O5S. The Morgan fingerprint density at radius 2 is 1.61 bits per heavy atom. The van der Waals surface area contributed by atoms with E-state index in [1.807, 2.05) is 0 Å². The van der Waals surface area contributed by atoms with Gasteiger partial charge in [-0.15, -0.1) is 0 Å². The molecule has 0 spiro atoms. The molecule has 9 nitrogen and oxygen atoms in total. The van der Waals surface area contributed by atoms with Crippen molar-refractivity contribution in [2.75, 3.05) is 22.1 Å². The Morgan fingerprint density at radius 3 is 2.07 bits per heavy atom. The Balaban J connectivity index is 1.94. The van der Waals surface area contributed by atoms with E-state index in [9.17, 15) is 22.8 Å². The summed E-state index contributed by atoms with van der Waals surface area (Å²) in [6.07, 6.45) is 0.370. The summed E-state index contributed by atoms with van der Waals surface area (Å²) in [5, 5.41) is 10.6. The van der Waals surface area contributed by atoms with Gasteiger partial charge in [0.25, 0.3) is 0 Å². The number of carbonyl (C=O) groups excluding carboxylic acids is 3. The molecule has 0 saturated carbocycles. The van der Waals surface area contributed by atoms with Gasteiger partial charge in [0.15, 0.2) is 9.84 Å². The predicted octanol–water partition coefficient (Wildman–Crippen LogP) is 1.09. The maximum atomic E-state index is 12.6. The average Bonchev–Trinajstić information content (AvgIpc) is 2.92. The molecule has 0 unspecified atom stereocenters. The standard InChI is InChI=1S/C18H26N4O5S/c1-11(2)16(22-18(25)21-15-8-9-28(26,27)10-15)17(24)20-14-6-4-13(5-7-14)19-12(3)23/h4-7,11,15-16H,8-10H2,1-3H3,(H,19,23)(H,20,24)(H2,21,22,25)/t15-,16+/m1/s1. The maximum absolute atomic E-state index is 12.6. The molecule has 4 amide bonds.